The number of furan rings is 2. The summed E-state index contributed by atoms with van der Waals surface area (Å²) in [6.07, 6.45) is 1.88. The minimum atomic E-state index is 0.753. The Balaban J connectivity index is 1.10. The Morgan fingerprint density at radius 2 is 1.00 bits per heavy atom. The summed E-state index contributed by atoms with van der Waals surface area (Å²) in [5.74, 6) is 0. The zero-order chi connectivity index (χ0) is 33.5. The molecule has 11 rings (SSSR count). The van der Waals surface area contributed by atoms with Crippen molar-refractivity contribution in [3.8, 4) is 39.3 Å². The Kier molecular flexibility index (Phi) is 5.89. The molecule has 238 valence electrons. The molecule has 0 fully saturated rings. The summed E-state index contributed by atoms with van der Waals surface area (Å²) in [5, 5.41) is 5.53. The number of fused-ring (bicyclic) bond motifs is 9. The summed E-state index contributed by atoms with van der Waals surface area (Å²) in [5.41, 5.74) is 13.3. The number of benzene rings is 6. The fourth-order valence-corrected chi connectivity index (χ4v) is 7.67. The van der Waals surface area contributed by atoms with E-state index in [1.165, 1.54) is 10.8 Å². The second kappa shape index (κ2) is 10.8. The average molecular weight is 654 g/mol. The van der Waals surface area contributed by atoms with Crippen molar-refractivity contribution in [2.24, 2.45) is 0 Å². The highest BCUT2D eigenvalue weighted by molar-refractivity contribution is 6.12. The van der Waals surface area contributed by atoms with E-state index in [1.807, 2.05) is 48.7 Å². The van der Waals surface area contributed by atoms with Crippen LogP contribution in [0, 0.1) is 0 Å². The van der Waals surface area contributed by atoms with Gasteiger partial charge in [0.1, 0.15) is 22.3 Å². The van der Waals surface area contributed by atoms with E-state index in [0.717, 1.165) is 94.4 Å². The van der Waals surface area contributed by atoms with Gasteiger partial charge in [0, 0.05) is 44.3 Å². The number of hydrogen-bond acceptors (Lipinski definition) is 4. The lowest BCUT2D eigenvalue weighted by atomic mass is 9.99. The molecule has 0 amide bonds. The number of rotatable bonds is 4. The van der Waals surface area contributed by atoms with Crippen molar-refractivity contribution in [2.75, 3.05) is 0 Å². The summed E-state index contributed by atoms with van der Waals surface area (Å²) >= 11 is 0. The van der Waals surface area contributed by atoms with E-state index in [0.29, 0.717) is 0 Å². The smallest absolute Gasteiger partial charge is 0.177 e. The fourth-order valence-electron chi connectivity index (χ4n) is 7.67. The van der Waals surface area contributed by atoms with E-state index in [2.05, 4.69) is 120 Å². The van der Waals surface area contributed by atoms with Crippen molar-refractivity contribution >= 4 is 65.8 Å². The van der Waals surface area contributed by atoms with Crippen LogP contribution in [-0.4, -0.2) is 14.5 Å². The van der Waals surface area contributed by atoms with Crippen LogP contribution in [0.3, 0.4) is 0 Å². The topological polar surface area (TPSA) is 57.0 Å². The number of nitrogens with zero attached hydrogens (tertiary/aromatic N) is 3. The molecule has 5 aromatic heterocycles. The van der Waals surface area contributed by atoms with Gasteiger partial charge in [0.2, 0.25) is 0 Å². The van der Waals surface area contributed by atoms with Gasteiger partial charge < -0.3 is 13.4 Å². The Bertz CT molecular complexity index is 3100. The third-order valence-electron chi connectivity index (χ3n) is 10.1. The summed E-state index contributed by atoms with van der Waals surface area (Å²) in [6, 6.07) is 54.7. The molecule has 0 spiro atoms. The molecule has 0 saturated heterocycles. The minimum absolute atomic E-state index is 0.753. The lowest BCUT2D eigenvalue weighted by molar-refractivity contribution is 0.665. The molecule has 6 aromatic carbocycles. The molecule has 0 aliphatic rings. The van der Waals surface area contributed by atoms with Crippen molar-refractivity contribution in [2.45, 2.75) is 0 Å². The van der Waals surface area contributed by atoms with Crippen LogP contribution in [0.2, 0.25) is 0 Å². The highest BCUT2D eigenvalue weighted by Gasteiger charge is 2.19. The SMILES string of the molecule is c1ccc(-c2cc(-c3ccc4oc5ccccc5c4c3)nc(-c3ccc4oc5c(-n6c7ccccc7c7ccccc76)ccnc5c4c3)c2)cc1. The number of para-hydroxylation sites is 3. The van der Waals surface area contributed by atoms with Crippen LogP contribution in [-0.2, 0) is 0 Å². The van der Waals surface area contributed by atoms with Gasteiger partial charge in [-0.05, 0) is 83.9 Å². The molecule has 0 bridgehead atoms. The standard InChI is InChI=1S/C46H27N3O2/c1-2-10-28(11-3-1)31-26-37(29-18-20-43-35(24-29)34-14-6-9-17-42(34)50-43)48-38(27-31)30-19-21-44-36(25-30)45-46(51-44)41(22-23-47-45)49-39-15-7-4-12-32(39)33-13-5-8-16-40(33)49/h1-27H. The fraction of sp³-hybridized carbons (Fsp3) is 0. The van der Waals surface area contributed by atoms with Crippen molar-refractivity contribution in [3.63, 3.8) is 0 Å². The summed E-state index contributed by atoms with van der Waals surface area (Å²) in [6.45, 7) is 0. The summed E-state index contributed by atoms with van der Waals surface area (Å²) in [4.78, 5) is 10.2. The van der Waals surface area contributed by atoms with Gasteiger partial charge in [-0.1, -0.05) is 84.9 Å². The molecular weight excluding hydrogens is 627 g/mol. The predicted molar refractivity (Wildman–Crippen MR) is 207 cm³/mol. The zero-order valence-electron chi connectivity index (χ0n) is 27.2. The van der Waals surface area contributed by atoms with Crippen LogP contribution >= 0.6 is 0 Å². The van der Waals surface area contributed by atoms with Crippen LogP contribution in [0.5, 0.6) is 0 Å². The van der Waals surface area contributed by atoms with Gasteiger partial charge in [0.05, 0.1) is 28.1 Å². The number of aromatic nitrogens is 3. The highest BCUT2D eigenvalue weighted by Crippen LogP contribution is 2.39. The molecule has 0 aliphatic carbocycles. The second-order valence-electron chi connectivity index (χ2n) is 13.0. The van der Waals surface area contributed by atoms with E-state index in [4.69, 9.17) is 18.8 Å². The summed E-state index contributed by atoms with van der Waals surface area (Å²) in [7, 11) is 0. The van der Waals surface area contributed by atoms with Gasteiger partial charge >= 0.3 is 0 Å². The average Bonchev–Trinajstić information content (AvgIpc) is 3.87. The van der Waals surface area contributed by atoms with Crippen LogP contribution < -0.4 is 0 Å². The molecule has 5 nitrogen and oxygen atoms in total. The van der Waals surface area contributed by atoms with E-state index in [9.17, 15) is 0 Å². The highest BCUT2D eigenvalue weighted by atomic mass is 16.3. The lowest BCUT2D eigenvalue weighted by Crippen LogP contribution is -1.94. The Labute approximate surface area is 291 Å². The maximum atomic E-state index is 6.64. The molecular formula is C46H27N3O2. The molecule has 0 radical (unpaired) electrons. The van der Waals surface area contributed by atoms with Gasteiger partial charge in [-0.15, -0.1) is 0 Å². The van der Waals surface area contributed by atoms with E-state index < -0.39 is 0 Å². The number of pyridine rings is 2. The summed E-state index contributed by atoms with van der Waals surface area (Å²) < 4.78 is 15.1. The molecule has 11 aromatic rings. The molecule has 51 heavy (non-hydrogen) atoms. The second-order valence-corrected chi connectivity index (χ2v) is 13.0. The van der Waals surface area contributed by atoms with Gasteiger partial charge in [-0.25, -0.2) is 4.98 Å². The molecule has 0 unspecified atom stereocenters. The van der Waals surface area contributed by atoms with Crippen molar-refractivity contribution in [1.29, 1.82) is 0 Å². The predicted octanol–water partition coefficient (Wildman–Crippen LogP) is 12.4. The third kappa shape index (κ3) is 4.28. The quantitative estimate of drug-likeness (QED) is 0.190. The van der Waals surface area contributed by atoms with Crippen molar-refractivity contribution in [1.82, 2.24) is 14.5 Å². The Morgan fingerprint density at radius 3 is 1.73 bits per heavy atom. The van der Waals surface area contributed by atoms with Crippen LogP contribution in [0.15, 0.2) is 173 Å². The first-order valence-corrected chi connectivity index (χ1v) is 17.1. The van der Waals surface area contributed by atoms with Gasteiger partial charge in [-0.3, -0.25) is 4.98 Å². The van der Waals surface area contributed by atoms with Crippen LogP contribution in [0.1, 0.15) is 0 Å². The van der Waals surface area contributed by atoms with Gasteiger partial charge in [0.25, 0.3) is 0 Å². The van der Waals surface area contributed by atoms with E-state index >= 15 is 0 Å². The maximum Gasteiger partial charge on any atom is 0.177 e. The Hall–Kier alpha value is -6.98. The first kappa shape index (κ1) is 27.9. The molecule has 5 heterocycles. The van der Waals surface area contributed by atoms with E-state index in [-0.39, 0.29) is 0 Å². The zero-order valence-corrected chi connectivity index (χ0v) is 27.2. The van der Waals surface area contributed by atoms with Gasteiger partial charge in [0.15, 0.2) is 5.58 Å². The number of hydrogen-bond donors (Lipinski definition) is 0. The molecule has 0 N–H and O–H groups in total. The first-order chi connectivity index (χ1) is 25.3. The lowest BCUT2D eigenvalue weighted by Gasteiger charge is -2.11. The molecule has 0 saturated carbocycles. The maximum absolute atomic E-state index is 6.64. The Morgan fingerprint density at radius 1 is 0.412 bits per heavy atom. The van der Waals surface area contributed by atoms with Crippen LogP contribution in [0.25, 0.3) is 105 Å². The van der Waals surface area contributed by atoms with Crippen molar-refractivity contribution < 1.29 is 8.83 Å². The first-order valence-electron chi connectivity index (χ1n) is 17.1. The molecule has 0 aliphatic heterocycles. The van der Waals surface area contributed by atoms with Gasteiger partial charge in [-0.2, -0.15) is 0 Å². The van der Waals surface area contributed by atoms with E-state index in [1.54, 1.807) is 0 Å². The van der Waals surface area contributed by atoms with Crippen molar-refractivity contribution in [3.05, 3.63) is 164 Å². The normalized spacial score (nSPS) is 11.9. The van der Waals surface area contributed by atoms with Crippen LogP contribution in [0.4, 0.5) is 0 Å². The largest absolute Gasteiger partial charge is 0.456 e. The molecule has 5 heteroatoms. The molecule has 0 atom stereocenters. The third-order valence-corrected chi connectivity index (χ3v) is 10.1. The minimum Gasteiger partial charge on any atom is -0.456 e. The monoisotopic (exact) mass is 653 g/mol.